The van der Waals surface area contributed by atoms with Crippen molar-refractivity contribution in [1.82, 2.24) is 9.80 Å². The monoisotopic (exact) mass is 215 g/mol. The van der Waals surface area contributed by atoms with Crippen LogP contribution in [0.2, 0.25) is 0 Å². The average molecular weight is 215 g/mol. The Labute approximate surface area is 91.9 Å². The minimum Gasteiger partial charge on any atom is -0.328 e. The Kier molecular flexibility index (Phi) is 7.61. The molecule has 0 aliphatic rings. The maximum atomic E-state index is 4.20. The Balaban J connectivity index is 3.96. The van der Waals surface area contributed by atoms with Gasteiger partial charge in [0.2, 0.25) is 0 Å². The zero-order valence-corrected chi connectivity index (χ0v) is 10.5. The van der Waals surface area contributed by atoms with Crippen LogP contribution in [0.5, 0.6) is 0 Å². The third-order valence-corrected chi connectivity index (χ3v) is 2.63. The van der Waals surface area contributed by atoms with E-state index in [0.717, 1.165) is 24.7 Å². The van der Waals surface area contributed by atoms with E-state index in [1.54, 1.807) is 11.8 Å². The fraction of sp³-hybridized carbons (Fsp3) is 0.700. The summed E-state index contributed by atoms with van der Waals surface area (Å²) in [6.45, 7) is 5.87. The topological polar surface area (TPSA) is 18.8 Å². The van der Waals surface area contributed by atoms with Crippen molar-refractivity contribution in [3.05, 3.63) is 12.8 Å². The van der Waals surface area contributed by atoms with Gasteiger partial charge < -0.3 is 9.80 Å². The molecule has 82 valence electrons. The first-order valence-corrected chi connectivity index (χ1v) is 5.92. The molecule has 0 aliphatic carbocycles. The van der Waals surface area contributed by atoms with E-state index in [2.05, 4.69) is 35.5 Å². The predicted octanol–water partition coefficient (Wildman–Crippen LogP) is 1.73. The second-order valence-corrected chi connectivity index (χ2v) is 4.02. The lowest BCUT2D eigenvalue weighted by Gasteiger charge is -2.21. The second-order valence-electron chi connectivity index (χ2n) is 3.24. The molecule has 0 amide bonds. The lowest BCUT2D eigenvalue weighted by molar-refractivity contribution is 0.379. The third-order valence-electron chi connectivity index (χ3n) is 1.84. The molecule has 0 aromatic rings. The number of rotatable bonds is 5. The van der Waals surface area contributed by atoms with Gasteiger partial charge in [-0.1, -0.05) is 18.3 Å². The largest absolute Gasteiger partial charge is 0.328 e. The molecule has 3 nitrogen and oxygen atoms in total. The maximum absolute atomic E-state index is 4.20. The average Bonchev–Trinajstić information content (AvgIpc) is 2.16. The molecule has 0 aromatic heterocycles. The van der Waals surface area contributed by atoms with Crippen LogP contribution in [0.15, 0.2) is 17.8 Å². The number of thioether (sulfide) groups is 1. The zero-order valence-electron chi connectivity index (χ0n) is 9.66. The molecule has 0 N–H and O–H groups in total. The Morgan fingerprint density at radius 1 is 1.43 bits per heavy atom. The van der Waals surface area contributed by atoms with E-state index >= 15 is 0 Å². The highest BCUT2D eigenvalue weighted by Crippen LogP contribution is 2.06. The third kappa shape index (κ3) is 5.29. The molecule has 0 aliphatic heterocycles. The molecule has 0 saturated heterocycles. The van der Waals surface area contributed by atoms with Gasteiger partial charge in [-0.15, -0.1) is 0 Å². The van der Waals surface area contributed by atoms with Crippen LogP contribution in [0.1, 0.15) is 6.42 Å². The Bertz CT molecular complexity index is 190. The van der Waals surface area contributed by atoms with E-state index in [1.165, 1.54) is 0 Å². The molecule has 0 fully saturated rings. The summed E-state index contributed by atoms with van der Waals surface area (Å²) in [6.07, 6.45) is 5.00. The van der Waals surface area contributed by atoms with Gasteiger partial charge in [-0.25, -0.2) is 0 Å². The van der Waals surface area contributed by atoms with E-state index in [-0.39, 0.29) is 0 Å². The predicted molar refractivity (Wildman–Crippen MR) is 66.9 cm³/mol. The first-order valence-electron chi connectivity index (χ1n) is 4.70. The zero-order chi connectivity index (χ0) is 11.0. The van der Waals surface area contributed by atoms with Crippen molar-refractivity contribution in [1.29, 1.82) is 0 Å². The first kappa shape index (κ1) is 13.5. The second kappa shape index (κ2) is 7.88. The molecule has 0 heterocycles. The fourth-order valence-electron chi connectivity index (χ4n) is 1.16. The van der Waals surface area contributed by atoms with Crippen LogP contribution in [0.4, 0.5) is 0 Å². The van der Waals surface area contributed by atoms with Crippen molar-refractivity contribution in [2.45, 2.75) is 6.42 Å². The van der Waals surface area contributed by atoms with Gasteiger partial charge in [0.25, 0.3) is 0 Å². The standard InChI is InChI=1S/C10H21N3S/c1-6-13(10(11-2)14-5)9-7-8-12(3)4/h6H,1,7-9H2,2-5H3. The molecule has 0 atom stereocenters. The summed E-state index contributed by atoms with van der Waals surface area (Å²) >= 11 is 1.65. The van der Waals surface area contributed by atoms with Crippen LogP contribution >= 0.6 is 11.8 Å². The SMILES string of the molecule is C=CN(CCCN(C)C)C(=NC)SC. The van der Waals surface area contributed by atoms with Crippen LogP contribution in [0.3, 0.4) is 0 Å². The van der Waals surface area contributed by atoms with Gasteiger partial charge >= 0.3 is 0 Å². The van der Waals surface area contributed by atoms with Crippen LogP contribution in [-0.4, -0.2) is 55.5 Å². The summed E-state index contributed by atoms with van der Waals surface area (Å²) in [4.78, 5) is 8.47. The summed E-state index contributed by atoms with van der Waals surface area (Å²) in [5.41, 5.74) is 0. The van der Waals surface area contributed by atoms with Crippen molar-refractivity contribution < 1.29 is 0 Å². The summed E-state index contributed by atoms with van der Waals surface area (Å²) < 4.78 is 0. The molecule has 0 radical (unpaired) electrons. The van der Waals surface area contributed by atoms with Crippen molar-refractivity contribution in [2.24, 2.45) is 4.99 Å². The Morgan fingerprint density at radius 2 is 2.07 bits per heavy atom. The normalized spacial score (nSPS) is 11.9. The summed E-state index contributed by atoms with van der Waals surface area (Å²) in [6, 6.07) is 0. The van der Waals surface area contributed by atoms with Crippen LogP contribution in [0, 0.1) is 0 Å². The lowest BCUT2D eigenvalue weighted by Crippen LogP contribution is -2.26. The van der Waals surface area contributed by atoms with Gasteiger partial charge in [-0.2, -0.15) is 0 Å². The van der Waals surface area contributed by atoms with Crippen LogP contribution in [-0.2, 0) is 0 Å². The molecule has 0 aromatic carbocycles. The van der Waals surface area contributed by atoms with Crippen molar-refractivity contribution in [2.75, 3.05) is 40.5 Å². The number of aliphatic imine (C=N–C) groups is 1. The molecule has 0 unspecified atom stereocenters. The quantitative estimate of drug-likeness (QED) is 0.514. The van der Waals surface area contributed by atoms with E-state index in [9.17, 15) is 0 Å². The number of hydrogen-bond acceptors (Lipinski definition) is 3. The molecule has 0 spiro atoms. The van der Waals surface area contributed by atoms with Gasteiger partial charge in [0, 0.05) is 13.6 Å². The minimum atomic E-state index is 0.981. The highest BCUT2D eigenvalue weighted by molar-refractivity contribution is 8.13. The maximum Gasteiger partial charge on any atom is 0.162 e. The molecule has 0 bridgehead atoms. The molecular formula is C10H21N3S. The highest BCUT2D eigenvalue weighted by Gasteiger charge is 2.05. The van der Waals surface area contributed by atoms with E-state index in [0.29, 0.717) is 0 Å². The van der Waals surface area contributed by atoms with E-state index in [4.69, 9.17) is 0 Å². The highest BCUT2D eigenvalue weighted by atomic mass is 32.2. The van der Waals surface area contributed by atoms with Gasteiger partial charge in [0.1, 0.15) is 0 Å². The Morgan fingerprint density at radius 3 is 2.43 bits per heavy atom. The lowest BCUT2D eigenvalue weighted by atomic mass is 10.4. The fourth-order valence-corrected chi connectivity index (χ4v) is 1.74. The first-order chi connectivity index (χ1) is 6.65. The molecule has 4 heteroatoms. The Hall–Kier alpha value is -0.480. The van der Waals surface area contributed by atoms with Crippen LogP contribution < -0.4 is 0 Å². The van der Waals surface area contributed by atoms with Crippen molar-refractivity contribution in [3.63, 3.8) is 0 Å². The smallest absolute Gasteiger partial charge is 0.162 e. The summed E-state index contributed by atoms with van der Waals surface area (Å²) in [7, 11) is 5.98. The summed E-state index contributed by atoms with van der Waals surface area (Å²) in [5.74, 6) is 0. The van der Waals surface area contributed by atoms with Crippen molar-refractivity contribution >= 4 is 16.9 Å². The minimum absolute atomic E-state index is 0.981. The van der Waals surface area contributed by atoms with E-state index in [1.807, 2.05) is 19.5 Å². The molecule has 0 saturated carbocycles. The summed E-state index contributed by atoms with van der Waals surface area (Å²) in [5, 5.41) is 1.03. The molecular weight excluding hydrogens is 194 g/mol. The van der Waals surface area contributed by atoms with E-state index < -0.39 is 0 Å². The van der Waals surface area contributed by atoms with Crippen LogP contribution in [0.25, 0.3) is 0 Å². The van der Waals surface area contributed by atoms with Crippen molar-refractivity contribution in [3.8, 4) is 0 Å². The number of amidine groups is 1. The number of hydrogen-bond donors (Lipinski definition) is 0. The van der Waals surface area contributed by atoms with Gasteiger partial charge in [0.05, 0.1) is 0 Å². The van der Waals surface area contributed by atoms with Gasteiger partial charge in [-0.05, 0) is 39.5 Å². The molecule has 0 rings (SSSR count). The molecule has 14 heavy (non-hydrogen) atoms. The van der Waals surface area contributed by atoms with Gasteiger partial charge in [-0.3, -0.25) is 4.99 Å². The van der Waals surface area contributed by atoms with Gasteiger partial charge in [0.15, 0.2) is 5.17 Å². The number of nitrogens with zero attached hydrogens (tertiary/aromatic N) is 3.